The fourth-order valence-electron chi connectivity index (χ4n) is 2.79. The molecule has 0 bridgehead atoms. The average Bonchev–Trinajstić information content (AvgIpc) is 2.56. The van der Waals surface area contributed by atoms with Crippen molar-refractivity contribution in [3.8, 4) is 0 Å². The normalized spacial score (nSPS) is 14.8. The van der Waals surface area contributed by atoms with Gasteiger partial charge in [-0.3, -0.25) is 9.78 Å². The number of aromatic nitrogens is 1. The number of carbonyl (C=O) groups excluding carboxylic acids is 1. The first-order chi connectivity index (χ1) is 12.2. The predicted molar refractivity (Wildman–Crippen MR) is 103 cm³/mol. The number of fused-ring (bicyclic) bond motifs is 1. The van der Waals surface area contributed by atoms with E-state index < -0.39 is 15.9 Å². The number of nitrogens with zero attached hydrogens (tertiary/aromatic N) is 2. The third-order valence-electron chi connectivity index (χ3n) is 4.06. The van der Waals surface area contributed by atoms with Crippen LogP contribution in [0.25, 0.3) is 0 Å². The molecular weight excluding hydrogens is 421 g/mol. The Hall–Kier alpha value is -1.38. The number of pyridine rings is 1. The molecule has 0 radical (unpaired) electrons. The van der Waals surface area contributed by atoms with Gasteiger partial charge >= 0.3 is 0 Å². The SMILES string of the molecule is CS(=O)(=O)N1CCc2c(cncc2C(=O)Nc2c(Cl)cc(Cl)cc2Cl)C1. The Balaban J connectivity index is 1.91. The summed E-state index contributed by atoms with van der Waals surface area (Å²) in [6, 6.07) is 2.96. The molecule has 1 aromatic carbocycles. The van der Waals surface area contributed by atoms with Gasteiger partial charge in [0, 0.05) is 30.5 Å². The molecule has 0 saturated heterocycles. The molecule has 0 spiro atoms. The van der Waals surface area contributed by atoms with E-state index in [4.69, 9.17) is 34.8 Å². The Bertz CT molecular complexity index is 972. The minimum atomic E-state index is -3.31. The van der Waals surface area contributed by atoms with Crippen LogP contribution >= 0.6 is 34.8 Å². The number of anilines is 1. The number of halogens is 3. The fourth-order valence-corrected chi connectivity index (χ4v) is 4.50. The van der Waals surface area contributed by atoms with Crippen molar-refractivity contribution in [3.63, 3.8) is 0 Å². The van der Waals surface area contributed by atoms with Crippen LogP contribution in [-0.4, -0.2) is 36.4 Å². The number of hydrogen-bond donors (Lipinski definition) is 1. The molecule has 1 N–H and O–H groups in total. The molecule has 3 rings (SSSR count). The van der Waals surface area contributed by atoms with E-state index in [2.05, 4.69) is 10.3 Å². The maximum atomic E-state index is 12.7. The van der Waals surface area contributed by atoms with Crippen LogP contribution < -0.4 is 5.32 Å². The van der Waals surface area contributed by atoms with Crippen LogP contribution in [0.5, 0.6) is 0 Å². The number of carbonyl (C=O) groups is 1. The zero-order chi connectivity index (χ0) is 19.1. The third-order valence-corrected chi connectivity index (χ3v) is 6.13. The lowest BCUT2D eigenvalue weighted by Crippen LogP contribution is -2.36. The van der Waals surface area contributed by atoms with Crippen molar-refractivity contribution >= 4 is 56.4 Å². The summed E-state index contributed by atoms with van der Waals surface area (Å²) in [7, 11) is -3.31. The second kappa shape index (κ2) is 7.32. The van der Waals surface area contributed by atoms with Crippen LogP contribution in [0.2, 0.25) is 15.1 Å². The van der Waals surface area contributed by atoms with Gasteiger partial charge in [0.25, 0.3) is 5.91 Å². The Morgan fingerprint density at radius 2 is 1.85 bits per heavy atom. The number of rotatable bonds is 3. The molecule has 10 heteroatoms. The molecule has 1 amide bonds. The summed E-state index contributed by atoms with van der Waals surface area (Å²) in [6.07, 6.45) is 4.59. The number of benzene rings is 1. The molecule has 26 heavy (non-hydrogen) atoms. The number of amides is 1. The summed E-state index contributed by atoms with van der Waals surface area (Å²) >= 11 is 18.1. The van der Waals surface area contributed by atoms with E-state index >= 15 is 0 Å². The van der Waals surface area contributed by atoms with Gasteiger partial charge in [-0.15, -0.1) is 0 Å². The third kappa shape index (κ3) is 3.97. The van der Waals surface area contributed by atoms with Crippen molar-refractivity contribution in [1.82, 2.24) is 9.29 Å². The maximum Gasteiger partial charge on any atom is 0.257 e. The van der Waals surface area contributed by atoms with E-state index in [-0.39, 0.29) is 22.3 Å². The highest BCUT2D eigenvalue weighted by Gasteiger charge is 2.27. The fraction of sp³-hybridized carbons (Fsp3) is 0.250. The topological polar surface area (TPSA) is 79.4 Å². The van der Waals surface area contributed by atoms with E-state index in [1.165, 1.54) is 22.6 Å². The van der Waals surface area contributed by atoms with Gasteiger partial charge in [0.2, 0.25) is 10.0 Å². The Labute approximate surface area is 166 Å². The monoisotopic (exact) mass is 433 g/mol. The summed E-state index contributed by atoms with van der Waals surface area (Å²) in [5.41, 5.74) is 2.08. The van der Waals surface area contributed by atoms with E-state index in [0.29, 0.717) is 29.1 Å². The lowest BCUT2D eigenvalue weighted by molar-refractivity contribution is 0.102. The molecule has 138 valence electrons. The molecular formula is C16H14Cl3N3O3S. The molecule has 6 nitrogen and oxygen atoms in total. The van der Waals surface area contributed by atoms with Gasteiger partial charge in [0.15, 0.2) is 0 Å². The van der Waals surface area contributed by atoms with E-state index in [0.717, 1.165) is 11.8 Å². The predicted octanol–water partition coefficient (Wildman–Crippen LogP) is 3.61. The van der Waals surface area contributed by atoms with Gasteiger partial charge in [-0.1, -0.05) is 34.8 Å². The minimum Gasteiger partial charge on any atom is -0.319 e. The van der Waals surface area contributed by atoms with Crippen LogP contribution in [0.15, 0.2) is 24.5 Å². The lowest BCUT2D eigenvalue weighted by Gasteiger charge is -2.27. The molecule has 0 saturated carbocycles. The molecule has 0 fully saturated rings. The van der Waals surface area contributed by atoms with Gasteiger partial charge in [0.1, 0.15) is 0 Å². The van der Waals surface area contributed by atoms with Crippen molar-refractivity contribution < 1.29 is 13.2 Å². The number of hydrogen-bond acceptors (Lipinski definition) is 4. The first-order valence-corrected chi connectivity index (χ1v) is 10.5. The molecule has 0 unspecified atom stereocenters. The highest BCUT2D eigenvalue weighted by molar-refractivity contribution is 7.88. The van der Waals surface area contributed by atoms with Gasteiger partial charge < -0.3 is 5.32 Å². The van der Waals surface area contributed by atoms with Crippen LogP contribution in [0.1, 0.15) is 21.5 Å². The quantitative estimate of drug-likeness (QED) is 0.800. The summed E-state index contributed by atoms with van der Waals surface area (Å²) in [6.45, 7) is 0.489. The first kappa shape index (κ1) is 19.4. The van der Waals surface area contributed by atoms with Gasteiger partial charge in [-0.05, 0) is 29.7 Å². The highest BCUT2D eigenvalue weighted by Crippen LogP contribution is 2.34. The Morgan fingerprint density at radius 3 is 2.46 bits per heavy atom. The van der Waals surface area contributed by atoms with Crippen molar-refractivity contribution in [1.29, 1.82) is 0 Å². The van der Waals surface area contributed by atoms with Crippen molar-refractivity contribution in [2.24, 2.45) is 0 Å². The Kier molecular flexibility index (Phi) is 5.46. The van der Waals surface area contributed by atoms with Gasteiger partial charge in [0.05, 0.1) is 27.6 Å². The van der Waals surface area contributed by atoms with Crippen molar-refractivity contribution in [2.75, 3.05) is 18.1 Å². The summed E-state index contributed by atoms with van der Waals surface area (Å²) in [5.74, 6) is -0.423. The van der Waals surface area contributed by atoms with E-state index in [1.54, 1.807) is 6.20 Å². The molecule has 1 aromatic heterocycles. The molecule has 1 aliphatic heterocycles. The van der Waals surface area contributed by atoms with E-state index in [9.17, 15) is 13.2 Å². The number of nitrogens with one attached hydrogen (secondary N) is 1. The first-order valence-electron chi connectivity index (χ1n) is 7.53. The number of sulfonamides is 1. The smallest absolute Gasteiger partial charge is 0.257 e. The summed E-state index contributed by atoms with van der Waals surface area (Å²) in [4.78, 5) is 16.8. The van der Waals surface area contributed by atoms with Crippen LogP contribution in [-0.2, 0) is 23.0 Å². The molecule has 2 heterocycles. The van der Waals surface area contributed by atoms with Crippen molar-refractivity contribution in [3.05, 3.63) is 56.3 Å². The minimum absolute atomic E-state index is 0.185. The molecule has 2 aromatic rings. The zero-order valence-electron chi connectivity index (χ0n) is 13.6. The van der Waals surface area contributed by atoms with Crippen LogP contribution in [0, 0.1) is 0 Å². The van der Waals surface area contributed by atoms with E-state index in [1.807, 2.05) is 0 Å². The summed E-state index contributed by atoms with van der Waals surface area (Å²) < 4.78 is 24.8. The Morgan fingerprint density at radius 1 is 1.19 bits per heavy atom. The largest absolute Gasteiger partial charge is 0.319 e. The van der Waals surface area contributed by atoms with Crippen LogP contribution in [0.4, 0.5) is 5.69 Å². The zero-order valence-corrected chi connectivity index (χ0v) is 16.7. The molecule has 0 atom stereocenters. The highest BCUT2D eigenvalue weighted by atomic mass is 35.5. The maximum absolute atomic E-state index is 12.7. The van der Waals surface area contributed by atoms with Gasteiger partial charge in [-0.25, -0.2) is 8.42 Å². The second-order valence-corrected chi connectivity index (χ2v) is 9.10. The standard InChI is InChI=1S/C16H14Cl3N3O3S/c1-26(24,25)22-3-2-11-9(8-22)6-20-7-12(11)16(23)21-15-13(18)4-10(17)5-14(15)19/h4-7H,2-3,8H2,1H3,(H,21,23). The molecule has 1 aliphatic rings. The second-order valence-electron chi connectivity index (χ2n) is 5.87. The van der Waals surface area contributed by atoms with Crippen molar-refractivity contribution in [2.45, 2.75) is 13.0 Å². The average molecular weight is 435 g/mol. The van der Waals surface area contributed by atoms with Gasteiger partial charge in [-0.2, -0.15) is 4.31 Å². The molecule has 0 aliphatic carbocycles. The van der Waals surface area contributed by atoms with Crippen LogP contribution in [0.3, 0.4) is 0 Å². The summed E-state index contributed by atoms with van der Waals surface area (Å²) in [5, 5.41) is 3.48. The lowest BCUT2D eigenvalue weighted by atomic mass is 9.98.